The summed E-state index contributed by atoms with van der Waals surface area (Å²) in [6.07, 6.45) is -0.177. The fraction of sp³-hybridized carbons (Fsp3) is 0.429. The number of anilines is 1. The third kappa shape index (κ3) is 4.16. The number of hydrogen-bond acceptors (Lipinski definition) is 6. The Morgan fingerprint density at radius 1 is 1.26 bits per heavy atom. The van der Waals surface area contributed by atoms with Crippen LogP contribution in [-0.4, -0.2) is 53.9 Å². The predicted octanol–water partition coefficient (Wildman–Crippen LogP) is -0.554. The summed E-state index contributed by atoms with van der Waals surface area (Å²) in [6, 6.07) is 5.45. The van der Waals surface area contributed by atoms with Gasteiger partial charge < -0.3 is 21.3 Å². The Kier molecular flexibility index (Phi) is 5.12. The number of benzene rings is 1. The van der Waals surface area contributed by atoms with Gasteiger partial charge in [0, 0.05) is 44.0 Å². The molecule has 9 heteroatoms. The van der Waals surface area contributed by atoms with Crippen LogP contribution in [0.25, 0.3) is 0 Å². The van der Waals surface area contributed by atoms with Gasteiger partial charge in [-0.1, -0.05) is 6.07 Å². The van der Waals surface area contributed by atoms with Crippen LogP contribution in [0.4, 0.5) is 11.4 Å². The molecule has 1 saturated heterocycles. The Bertz CT molecular complexity index is 613. The third-order valence-electron chi connectivity index (χ3n) is 3.74. The fourth-order valence-corrected chi connectivity index (χ4v) is 2.53. The lowest BCUT2D eigenvalue weighted by atomic mass is 10.1. The van der Waals surface area contributed by atoms with E-state index in [1.165, 1.54) is 12.1 Å². The molecule has 0 bridgehead atoms. The van der Waals surface area contributed by atoms with Gasteiger partial charge in [-0.25, -0.2) is 0 Å². The lowest BCUT2D eigenvalue weighted by Gasteiger charge is -2.37. The van der Waals surface area contributed by atoms with Gasteiger partial charge in [-0.15, -0.1) is 0 Å². The Hall–Kier alpha value is -2.68. The average Bonchev–Trinajstić information content (AvgIpc) is 2.53. The number of carbonyl (C=O) groups excluding carboxylic acids is 2. The molecule has 1 aliphatic rings. The molecule has 4 N–H and O–H groups in total. The van der Waals surface area contributed by atoms with E-state index in [0.717, 1.165) is 5.69 Å². The minimum Gasteiger partial charge on any atom is -0.370 e. The molecule has 1 aliphatic heterocycles. The number of non-ortho nitro benzene ring substituents is 1. The lowest BCUT2D eigenvalue weighted by Crippen LogP contribution is -2.53. The number of nitrogens with zero attached hydrogens (tertiary/aromatic N) is 3. The van der Waals surface area contributed by atoms with Gasteiger partial charge in [-0.05, 0) is 6.07 Å². The van der Waals surface area contributed by atoms with Crippen molar-refractivity contribution in [1.29, 1.82) is 0 Å². The molecule has 2 amide bonds. The van der Waals surface area contributed by atoms with E-state index in [4.69, 9.17) is 11.5 Å². The standard InChI is InChI=1S/C14H19N5O4/c15-12(9-13(16)20)14(21)18-6-4-17(5-7-18)10-2-1-3-11(8-10)19(22)23/h1-3,8,12H,4-7,9,15H2,(H2,16,20). The van der Waals surface area contributed by atoms with Gasteiger partial charge in [0.1, 0.15) is 0 Å². The van der Waals surface area contributed by atoms with Crippen molar-refractivity contribution in [2.45, 2.75) is 12.5 Å². The molecule has 0 saturated carbocycles. The average molecular weight is 321 g/mol. The molecule has 23 heavy (non-hydrogen) atoms. The normalized spacial score (nSPS) is 16.0. The summed E-state index contributed by atoms with van der Waals surface area (Å²) in [5, 5.41) is 10.8. The molecule has 1 atom stereocenters. The number of nitro groups is 1. The monoisotopic (exact) mass is 321 g/mol. The lowest BCUT2D eigenvalue weighted by molar-refractivity contribution is -0.384. The van der Waals surface area contributed by atoms with Crippen molar-refractivity contribution in [1.82, 2.24) is 4.90 Å². The fourth-order valence-electron chi connectivity index (χ4n) is 2.53. The first-order chi connectivity index (χ1) is 10.9. The van der Waals surface area contributed by atoms with Gasteiger partial charge >= 0.3 is 0 Å². The number of amides is 2. The molecule has 9 nitrogen and oxygen atoms in total. The van der Waals surface area contributed by atoms with Crippen LogP contribution in [0.5, 0.6) is 0 Å². The van der Waals surface area contributed by atoms with Crippen molar-refractivity contribution in [3.8, 4) is 0 Å². The molecule has 1 unspecified atom stereocenters. The Labute approximate surface area is 133 Å². The highest BCUT2D eigenvalue weighted by atomic mass is 16.6. The SMILES string of the molecule is NC(=O)CC(N)C(=O)N1CCN(c2cccc([N+](=O)[O-])c2)CC1. The largest absolute Gasteiger partial charge is 0.370 e. The minimum atomic E-state index is -0.920. The van der Waals surface area contributed by atoms with Crippen molar-refractivity contribution in [2.75, 3.05) is 31.1 Å². The molecule has 0 aliphatic carbocycles. The van der Waals surface area contributed by atoms with E-state index in [2.05, 4.69) is 0 Å². The number of primary amides is 1. The molecular formula is C14H19N5O4. The number of piperazine rings is 1. The summed E-state index contributed by atoms with van der Waals surface area (Å²) in [7, 11) is 0. The second-order valence-electron chi connectivity index (χ2n) is 5.37. The quantitative estimate of drug-likeness (QED) is 0.551. The number of nitro benzene ring substituents is 1. The molecule has 1 heterocycles. The van der Waals surface area contributed by atoms with Crippen LogP contribution in [0, 0.1) is 10.1 Å². The molecule has 124 valence electrons. The Morgan fingerprint density at radius 3 is 2.48 bits per heavy atom. The van der Waals surface area contributed by atoms with Gasteiger partial charge in [0.15, 0.2) is 0 Å². The van der Waals surface area contributed by atoms with E-state index in [1.807, 2.05) is 4.90 Å². The maximum atomic E-state index is 12.1. The van der Waals surface area contributed by atoms with Gasteiger partial charge in [-0.2, -0.15) is 0 Å². The summed E-state index contributed by atoms with van der Waals surface area (Å²) in [5.41, 5.74) is 11.5. The summed E-state index contributed by atoms with van der Waals surface area (Å²) in [4.78, 5) is 36.9. The topological polar surface area (TPSA) is 136 Å². The number of rotatable bonds is 5. The Balaban J connectivity index is 1.96. The second-order valence-corrected chi connectivity index (χ2v) is 5.37. The van der Waals surface area contributed by atoms with Crippen molar-refractivity contribution in [3.05, 3.63) is 34.4 Å². The van der Waals surface area contributed by atoms with Gasteiger partial charge in [0.2, 0.25) is 11.8 Å². The minimum absolute atomic E-state index is 0.0319. The number of carbonyl (C=O) groups is 2. The van der Waals surface area contributed by atoms with E-state index >= 15 is 0 Å². The first kappa shape index (κ1) is 16.7. The highest BCUT2D eigenvalue weighted by Crippen LogP contribution is 2.22. The molecule has 0 aromatic heterocycles. The molecule has 0 spiro atoms. The summed E-state index contributed by atoms with van der Waals surface area (Å²) < 4.78 is 0. The summed E-state index contributed by atoms with van der Waals surface area (Å²) in [6.45, 7) is 1.95. The van der Waals surface area contributed by atoms with Gasteiger partial charge in [-0.3, -0.25) is 19.7 Å². The molecule has 1 fully saturated rings. The van der Waals surface area contributed by atoms with E-state index in [9.17, 15) is 19.7 Å². The van der Waals surface area contributed by atoms with Crippen molar-refractivity contribution < 1.29 is 14.5 Å². The zero-order valence-electron chi connectivity index (χ0n) is 12.6. The van der Waals surface area contributed by atoms with Crippen LogP contribution in [-0.2, 0) is 9.59 Å². The van der Waals surface area contributed by atoms with Crippen molar-refractivity contribution in [3.63, 3.8) is 0 Å². The predicted molar refractivity (Wildman–Crippen MR) is 83.7 cm³/mol. The van der Waals surface area contributed by atoms with E-state index in [0.29, 0.717) is 26.2 Å². The first-order valence-electron chi connectivity index (χ1n) is 7.20. The van der Waals surface area contributed by atoms with Crippen LogP contribution in [0.3, 0.4) is 0 Å². The van der Waals surface area contributed by atoms with Crippen LogP contribution in [0.2, 0.25) is 0 Å². The number of hydrogen-bond donors (Lipinski definition) is 2. The highest BCUT2D eigenvalue weighted by molar-refractivity contribution is 5.87. The maximum absolute atomic E-state index is 12.1. The molecule has 2 rings (SSSR count). The van der Waals surface area contributed by atoms with Crippen molar-refractivity contribution in [2.24, 2.45) is 11.5 Å². The summed E-state index contributed by atoms with van der Waals surface area (Å²) in [5.74, 6) is -0.913. The van der Waals surface area contributed by atoms with E-state index in [1.54, 1.807) is 17.0 Å². The summed E-state index contributed by atoms with van der Waals surface area (Å²) >= 11 is 0. The molecule has 0 radical (unpaired) electrons. The van der Waals surface area contributed by atoms with Gasteiger partial charge in [0.25, 0.3) is 5.69 Å². The van der Waals surface area contributed by atoms with E-state index < -0.39 is 16.9 Å². The van der Waals surface area contributed by atoms with E-state index in [-0.39, 0.29) is 18.0 Å². The first-order valence-corrected chi connectivity index (χ1v) is 7.20. The van der Waals surface area contributed by atoms with Crippen LogP contribution in [0.15, 0.2) is 24.3 Å². The third-order valence-corrected chi connectivity index (χ3v) is 3.74. The molecule has 1 aromatic rings. The smallest absolute Gasteiger partial charge is 0.271 e. The molecular weight excluding hydrogens is 302 g/mol. The maximum Gasteiger partial charge on any atom is 0.271 e. The highest BCUT2D eigenvalue weighted by Gasteiger charge is 2.26. The molecule has 1 aromatic carbocycles. The van der Waals surface area contributed by atoms with Crippen LogP contribution >= 0.6 is 0 Å². The van der Waals surface area contributed by atoms with Gasteiger partial charge in [0.05, 0.1) is 17.4 Å². The van der Waals surface area contributed by atoms with Crippen LogP contribution in [0.1, 0.15) is 6.42 Å². The zero-order chi connectivity index (χ0) is 17.0. The van der Waals surface area contributed by atoms with Crippen molar-refractivity contribution >= 4 is 23.2 Å². The zero-order valence-corrected chi connectivity index (χ0v) is 12.6. The number of nitrogens with two attached hydrogens (primary N) is 2. The van der Waals surface area contributed by atoms with Crippen LogP contribution < -0.4 is 16.4 Å². The Morgan fingerprint density at radius 2 is 1.91 bits per heavy atom. The second kappa shape index (κ2) is 7.05.